The highest BCUT2D eigenvalue weighted by Crippen LogP contribution is 2.03. The molecule has 1 aliphatic heterocycles. The van der Waals surface area contributed by atoms with E-state index in [2.05, 4.69) is 0 Å². The highest BCUT2D eigenvalue weighted by atomic mass is 32.2. The molecule has 1 heterocycles. The first-order valence-electron chi connectivity index (χ1n) is 3.30. The molecule has 8 heteroatoms. The van der Waals surface area contributed by atoms with E-state index in [0.717, 1.165) is 0 Å². The van der Waals surface area contributed by atoms with E-state index < -0.39 is 22.5 Å². The van der Waals surface area contributed by atoms with Gasteiger partial charge in [0.05, 0.1) is 0 Å². The smallest absolute Gasteiger partial charge is 0.0240 e. The second kappa shape index (κ2) is 4.40. The van der Waals surface area contributed by atoms with Gasteiger partial charge in [-0.2, -0.15) is 0 Å². The van der Waals surface area contributed by atoms with Crippen molar-refractivity contribution in [3.05, 3.63) is 0 Å². The molecule has 0 aromatic heterocycles. The molecule has 0 N–H and O–H groups in total. The van der Waals surface area contributed by atoms with E-state index in [1.54, 1.807) is 0 Å². The van der Waals surface area contributed by atoms with E-state index in [-0.39, 0.29) is 26.2 Å². The predicted molar refractivity (Wildman–Crippen MR) is 41.0 cm³/mol. The average molecular weight is 212 g/mol. The third-order valence-electron chi connectivity index (χ3n) is 1.62. The van der Waals surface area contributed by atoms with Crippen LogP contribution >= 0.6 is 0 Å². The quantitative estimate of drug-likeness (QED) is 0.505. The fourth-order valence-corrected chi connectivity index (χ4v) is 1.89. The van der Waals surface area contributed by atoms with Crippen molar-refractivity contribution in [2.75, 3.05) is 26.2 Å². The largest absolute Gasteiger partial charge is 0.760 e. The summed E-state index contributed by atoms with van der Waals surface area (Å²) in [5.41, 5.74) is 0. The van der Waals surface area contributed by atoms with E-state index in [1.165, 1.54) is 8.61 Å². The van der Waals surface area contributed by atoms with Crippen molar-refractivity contribution in [2.45, 2.75) is 0 Å². The molecule has 0 radical (unpaired) electrons. The molecule has 0 aromatic carbocycles. The van der Waals surface area contributed by atoms with Crippen LogP contribution < -0.4 is 0 Å². The summed E-state index contributed by atoms with van der Waals surface area (Å²) >= 11 is -4.45. The number of nitrogens with zero attached hydrogens (tertiary/aromatic N) is 2. The Morgan fingerprint density at radius 3 is 1.25 bits per heavy atom. The molecule has 0 aromatic rings. The minimum Gasteiger partial charge on any atom is -0.760 e. The Morgan fingerprint density at radius 1 is 0.833 bits per heavy atom. The highest BCUT2D eigenvalue weighted by Gasteiger charge is 2.16. The highest BCUT2D eigenvalue weighted by molar-refractivity contribution is 7.77. The molecule has 1 fully saturated rings. The maximum absolute atomic E-state index is 10.4. The molecule has 0 spiro atoms. The molecule has 6 nitrogen and oxygen atoms in total. The molecular weight excluding hydrogens is 204 g/mol. The van der Waals surface area contributed by atoms with Crippen LogP contribution in [-0.4, -0.2) is 52.3 Å². The summed E-state index contributed by atoms with van der Waals surface area (Å²) in [5.74, 6) is 0. The molecular formula is C4H8N2O4S2-2. The lowest BCUT2D eigenvalue weighted by molar-refractivity contribution is 0.262. The van der Waals surface area contributed by atoms with Crippen molar-refractivity contribution < 1.29 is 17.5 Å². The standard InChI is InChI=1S/C4H10N2O4S2/c7-11(8)5-1-2-6(4-3-5)12(9)10/h1-4H2,(H,7,8)(H,9,10)/p-2. The van der Waals surface area contributed by atoms with E-state index >= 15 is 0 Å². The number of rotatable bonds is 2. The Balaban J connectivity index is 2.39. The van der Waals surface area contributed by atoms with E-state index in [4.69, 9.17) is 0 Å². The monoisotopic (exact) mass is 212 g/mol. The first-order chi connectivity index (χ1) is 5.61. The molecule has 12 heavy (non-hydrogen) atoms. The molecule has 0 bridgehead atoms. The van der Waals surface area contributed by atoms with Crippen molar-refractivity contribution in [3.8, 4) is 0 Å². The van der Waals surface area contributed by atoms with Gasteiger partial charge in [0, 0.05) is 48.7 Å². The number of piperazine rings is 1. The van der Waals surface area contributed by atoms with Crippen molar-refractivity contribution in [1.82, 2.24) is 8.61 Å². The Labute approximate surface area is 75.4 Å². The lowest BCUT2D eigenvalue weighted by atomic mass is 10.4. The Hall–Kier alpha value is 0.140. The lowest BCUT2D eigenvalue weighted by Gasteiger charge is -2.35. The van der Waals surface area contributed by atoms with Gasteiger partial charge in [-0.25, -0.2) is 8.61 Å². The maximum Gasteiger partial charge on any atom is 0.0240 e. The van der Waals surface area contributed by atoms with Crippen LogP contribution in [0.1, 0.15) is 0 Å². The van der Waals surface area contributed by atoms with Crippen LogP contribution in [0.4, 0.5) is 0 Å². The number of hydrogen-bond donors (Lipinski definition) is 0. The van der Waals surface area contributed by atoms with Gasteiger partial charge in [0.15, 0.2) is 0 Å². The van der Waals surface area contributed by atoms with Gasteiger partial charge in [0.1, 0.15) is 0 Å². The third-order valence-corrected chi connectivity index (χ3v) is 3.19. The minimum absolute atomic E-state index is 0.240. The molecule has 1 aliphatic rings. The van der Waals surface area contributed by atoms with Crippen molar-refractivity contribution in [2.24, 2.45) is 0 Å². The van der Waals surface area contributed by atoms with Gasteiger partial charge >= 0.3 is 0 Å². The molecule has 0 saturated carbocycles. The van der Waals surface area contributed by atoms with Crippen LogP contribution in [0.5, 0.6) is 0 Å². The Bertz CT molecular complexity index is 181. The fourth-order valence-electron chi connectivity index (χ4n) is 0.968. The first kappa shape index (κ1) is 10.2. The summed E-state index contributed by atoms with van der Waals surface area (Å²) in [6.45, 7) is 0.961. The van der Waals surface area contributed by atoms with Crippen molar-refractivity contribution >= 4 is 22.5 Å². The summed E-state index contributed by atoms with van der Waals surface area (Å²) in [6, 6.07) is 0. The van der Waals surface area contributed by atoms with Crippen molar-refractivity contribution in [1.29, 1.82) is 0 Å². The Kier molecular flexibility index (Phi) is 3.75. The molecule has 1 rings (SSSR count). The van der Waals surface area contributed by atoms with Crippen LogP contribution in [0.3, 0.4) is 0 Å². The molecule has 2 atom stereocenters. The minimum atomic E-state index is -2.22. The van der Waals surface area contributed by atoms with Crippen LogP contribution in [0.25, 0.3) is 0 Å². The predicted octanol–water partition coefficient (Wildman–Crippen LogP) is -1.81. The first-order valence-corrected chi connectivity index (χ1v) is 5.36. The summed E-state index contributed by atoms with van der Waals surface area (Å²) in [4.78, 5) is 0. The summed E-state index contributed by atoms with van der Waals surface area (Å²) in [7, 11) is 0. The lowest BCUT2D eigenvalue weighted by Crippen LogP contribution is -2.47. The molecule has 0 amide bonds. The SMILES string of the molecule is O=S([O-])N1CCN(S(=O)[O-])CC1. The zero-order valence-corrected chi connectivity index (χ0v) is 7.81. The number of hydrogen-bond acceptors (Lipinski definition) is 4. The second-order valence-corrected chi connectivity index (χ2v) is 4.19. The van der Waals surface area contributed by atoms with Crippen LogP contribution in [0.2, 0.25) is 0 Å². The molecule has 0 aliphatic carbocycles. The normalized spacial score (nSPS) is 26.8. The van der Waals surface area contributed by atoms with Gasteiger partial charge in [0.25, 0.3) is 0 Å². The topological polar surface area (TPSA) is 86.7 Å². The summed E-state index contributed by atoms with van der Waals surface area (Å²) in [6.07, 6.45) is 0. The zero-order valence-electron chi connectivity index (χ0n) is 6.17. The fraction of sp³-hybridized carbons (Fsp3) is 1.00. The van der Waals surface area contributed by atoms with E-state index in [1.807, 2.05) is 0 Å². The van der Waals surface area contributed by atoms with Crippen LogP contribution in [0.15, 0.2) is 0 Å². The third kappa shape index (κ3) is 2.57. The Morgan fingerprint density at radius 2 is 1.08 bits per heavy atom. The van der Waals surface area contributed by atoms with Gasteiger partial charge in [0.2, 0.25) is 0 Å². The maximum atomic E-state index is 10.4. The summed E-state index contributed by atoms with van der Waals surface area (Å²) in [5, 5.41) is 0. The van der Waals surface area contributed by atoms with Crippen LogP contribution in [-0.2, 0) is 22.5 Å². The van der Waals surface area contributed by atoms with E-state index in [9.17, 15) is 17.5 Å². The van der Waals surface area contributed by atoms with E-state index in [0.29, 0.717) is 0 Å². The van der Waals surface area contributed by atoms with Crippen LogP contribution in [0, 0.1) is 0 Å². The average Bonchev–Trinajstić information content (AvgIpc) is 2.04. The van der Waals surface area contributed by atoms with Gasteiger partial charge < -0.3 is 9.11 Å². The zero-order chi connectivity index (χ0) is 9.14. The molecule has 72 valence electrons. The van der Waals surface area contributed by atoms with Gasteiger partial charge in [-0.15, -0.1) is 0 Å². The van der Waals surface area contributed by atoms with Gasteiger partial charge in [-0.3, -0.25) is 8.42 Å². The van der Waals surface area contributed by atoms with Gasteiger partial charge in [-0.05, 0) is 0 Å². The summed E-state index contributed by atoms with van der Waals surface area (Å²) < 4.78 is 43.9. The molecule has 1 saturated heterocycles. The van der Waals surface area contributed by atoms with Crippen molar-refractivity contribution in [3.63, 3.8) is 0 Å². The van der Waals surface area contributed by atoms with Gasteiger partial charge in [-0.1, -0.05) is 0 Å². The molecule has 2 unspecified atom stereocenters. The second-order valence-electron chi connectivity index (χ2n) is 2.29.